The second-order valence-corrected chi connectivity index (χ2v) is 5.21. The molecule has 2 aliphatic rings. The SMILES string of the molecule is C[C@H]1CN(C(=O)CN2CCCCCC2)CCO1. The molecule has 0 unspecified atom stereocenters. The Morgan fingerprint density at radius 2 is 1.88 bits per heavy atom. The van der Waals surface area contributed by atoms with E-state index in [9.17, 15) is 4.79 Å². The van der Waals surface area contributed by atoms with Gasteiger partial charge in [-0.05, 0) is 32.9 Å². The van der Waals surface area contributed by atoms with Gasteiger partial charge in [0.2, 0.25) is 5.91 Å². The van der Waals surface area contributed by atoms with Gasteiger partial charge in [0.15, 0.2) is 0 Å². The van der Waals surface area contributed by atoms with Gasteiger partial charge in [-0.15, -0.1) is 0 Å². The van der Waals surface area contributed by atoms with Crippen molar-refractivity contribution in [1.29, 1.82) is 0 Å². The van der Waals surface area contributed by atoms with Gasteiger partial charge in [0.1, 0.15) is 0 Å². The summed E-state index contributed by atoms with van der Waals surface area (Å²) < 4.78 is 5.46. The Kier molecular flexibility index (Phi) is 4.80. The van der Waals surface area contributed by atoms with E-state index in [1.807, 2.05) is 11.8 Å². The maximum atomic E-state index is 12.2. The molecule has 0 spiro atoms. The molecule has 0 aromatic heterocycles. The minimum Gasteiger partial charge on any atom is -0.375 e. The highest BCUT2D eigenvalue weighted by Crippen LogP contribution is 2.11. The average molecular weight is 240 g/mol. The quantitative estimate of drug-likeness (QED) is 0.725. The van der Waals surface area contributed by atoms with Crippen LogP contribution >= 0.6 is 0 Å². The van der Waals surface area contributed by atoms with Crippen molar-refractivity contribution in [3.8, 4) is 0 Å². The number of rotatable bonds is 2. The number of morpholine rings is 1. The highest BCUT2D eigenvalue weighted by atomic mass is 16.5. The van der Waals surface area contributed by atoms with Gasteiger partial charge in [0.05, 0.1) is 19.3 Å². The molecule has 2 saturated heterocycles. The number of ether oxygens (including phenoxy) is 1. The first-order valence-corrected chi connectivity index (χ1v) is 6.87. The fourth-order valence-electron chi connectivity index (χ4n) is 2.63. The summed E-state index contributed by atoms with van der Waals surface area (Å²) in [7, 11) is 0. The highest BCUT2D eigenvalue weighted by Gasteiger charge is 2.23. The van der Waals surface area contributed by atoms with Crippen LogP contribution in [0, 0.1) is 0 Å². The lowest BCUT2D eigenvalue weighted by Gasteiger charge is -2.32. The van der Waals surface area contributed by atoms with Gasteiger partial charge in [0.25, 0.3) is 0 Å². The van der Waals surface area contributed by atoms with E-state index in [0.717, 1.165) is 26.2 Å². The number of nitrogens with zero attached hydrogens (tertiary/aromatic N) is 2. The number of carbonyl (C=O) groups is 1. The van der Waals surface area contributed by atoms with Gasteiger partial charge in [-0.2, -0.15) is 0 Å². The standard InChI is InChI=1S/C13H24N2O2/c1-12-10-15(8-9-17-12)13(16)11-14-6-4-2-3-5-7-14/h12H,2-11H2,1H3/t12-/m0/s1. The summed E-state index contributed by atoms with van der Waals surface area (Å²) in [6, 6.07) is 0. The zero-order valence-electron chi connectivity index (χ0n) is 10.9. The van der Waals surface area contributed by atoms with E-state index in [1.165, 1.54) is 25.7 Å². The van der Waals surface area contributed by atoms with Crippen molar-refractivity contribution in [1.82, 2.24) is 9.80 Å². The average Bonchev–Trinajstić information content (AvgIpc) is 2.57. The van der Waals surface area contributed by atoms with E-state index >= 15 is 0 Å². The van der Waals surface area contributed by atoms with Crippen molar-refractivity contribution in [2.75, 3.05) is 39.3 Å². The van der Waals surface area contributed by atoms with Crippen LogP contribution in [0.1, 0.15) is 32.6 Å². The molecule has 4 heteroatoms. The molecular weight excluding hydrogens is 216 g/mol. The molecule has 2 rings (SSSR count). The zero-order chi connectivity index (χ0) is 12.1. The predicted octanol–water partition coefficient (Wildman–Crippen LogP) is 1.11. The van der Waals surface area contributed by atoms with Crippen LogP contribution < -0.4 is 0 Å². The molecule has 0 radical (unpaired) electrons. The third-order valence-electron chi connectivity index (χ3n) is 3.65. The molecule has 2 fully saturated rings. The maximum Gasteiger partial charge on any atom is 0.236 e. The van der Waals surface area contributed by atoms with E-state index in [1.54, 1.807) is 0 Å². The van der Waals surface area contributed by atoms with Crippen LogP contribution in [-0.2, 0) is 9.53 Å². The van der Waals surface area contributed by atoms with Gasteiger partial charge < -0.3 is 9.64 Å². The summed E-state index contributed by atoms with van der Waals surface area (Å²) in [4.78, 5) is 16.4. The Hall–Kier alpha value is -0.610. The van der Waals surface area contributed by atoms with Crippen molar-refractivity contribution in [3.05, 3.63) is 0 Å². The van der Waals surface area contributed by atoms with Crippen molar-refractivity contribution in [2.24, 2.45) is 0 Å². The minimum absolute atomic E-state index is 0.192. The third kappa shape index (κ3) is 3.96. The Bertz CT molecular complexity index is 250. The van der Waals surface area contributed by atoms with Crippen LogP contribution in [0.15, 0.2) is 0 Å². The Labute approximate surface area is 104 Å². The summed E-state index contributed by atoms with van der Waals surface area (Å²) in [6.07, 6.45) is 5.31. The lowest BCUT2D eigenvalue weighted by Crippen LogP contribution is -2.48. The highest BCUT2D eigenvalue weighted by molar-refractivity contribution is 5.78. The van der Waals surface area contributed by atoms with Crippen LogP contribution in [0.5, 0.6) is 0 Å². The van der Waals surface area contributed by atoms with Crippen molar-refractivity contribution >= 4 is 5.91 Å². The molecule has 4 nitrogen and oxygen atoms in total. The van der Waals surface area contributed by atoms with Gasteiger partial charge in [-0.1, -0.05) is 12.8 Å². The molecule has 1 atom stereocenters. The monoisotopic (exact) mass is 240 g/mol. The molecule has 2 aliphatic heterocycles. The molecule has 0 bridgehead atoms. The van der Waals surface area contributed by atoms with Crippen LogP contribution in [0.25, 0.3) is 0 Å². The molecule has 0 aromatic carbocycles. The molecule has 0 aromatic rings. The summed E-state index contributed by atoms with van der Waals surface area (Å²) in [6.45, 7) is 7.02. The lowest BCUT2D eigenvalue weighted by atomic mass is 10.2. The van der Waals surface area contributed by atoms with Gasteiger partial charge in [0, 0.05) is 13.1 Å². The van der Waals surface area contributed by atoms with Crippen molar-refractivity contribution in [2.45, 2.75) is 38.7 Å². The molecule has 17 heavy (non-hydrogen) atoms. The molecule has 0 saturated carbocycles. The summed E-state index contributed by atoms with van der Waals surface area (Å²) in [5, 5.41) is 0. The van der Waals surface area contributed by atoms with Crippen LogP contribution in [0.2, 0.25) is 0 Å². The van der Waals surface area contributed by atoms with Gasteiger partial charge >= 0.3 is 0 Å². The third-order valence-corrected chi connectivity index (χ3v) is 3.65. The van der Waals surface area contributed by atoms with E-state index in [0.29, 0.717) is 13.2 Å². The Balaban J connectivity index is 1.78. The largest absolute Gasteiger partial charge is 0.375 e. The molecule has 0 N–H and O–H groups in total. The minimum atomic E-state index is 0.192. The Morgan fingerprint density at radius 1 is 1.18 bits per heavy atom. The first kappa shape index (κ1) is 12.8. The summed E-state index contributed by atoms with van der Waals surface area (Å²) in [5.41, 5.74) is 0. The molecule has 0 aliphatic carbocycles. The zero-order valence-corrected chi connectivity index (χ0v) is 10.9. The predicted molar refractivity (Wildman–Crippen MR) is 66.9 cm³/mol. The van der Waals surface area contributed by atoms with E-state index in [-0.39, 0.29) is 12.0 Å². The summed E-state index contributed by atoms with van der Waals surface area (Å²) >= 11 is 0. The number of amides is 1. The first-order valence-electron chi connectivity index (χ1n) is 6.87. The molecule has 2 heterocycles. The van der Waals surface area contributed by atoms with Crippen LogP contribution in [0.3, 0.4) is 0 Å². The Morgan fingerprint density at radius 3 is 2.53 bits per heavy atom. The van der Waals surface area contributed by atoms with Crippen molar-refractivity contribution < 1.29 is 9.53 Å². The van der Waals surface area contributed by atoms with Gasteiger partial charge in [-0.3, -0.25) is 9.69 Å². The topological polar surface area (TPSA) is 32.8 Å². The van der Waals surface area contributed by atoms with E-state index < -0.39 is 0 Å². The van der Waals surface area contributed by atoms with Crippen LogP contribution in [-0.4, -0.2) is 61.1 Å². The van der Waals surface area contributed by atoms with Crippen molar-refractivity contribution in [3.63, 3.8) is 0 Å². The fraction of sp³-hybridized carbons (Fsp3) is 0.923. The number of hydrogen-bond donors (Lipinski definition) is 0. The van der Waals surface area contributed by atoms with E-state index in [2.05, 4.69) is 4.90 Å². The summed E-state index contributed by atoms with van der Waals surface area (Å²) in [5.74, 6) is 0.280. The van der Waals surface area contributed by atoms with E-state index in [4.69, 9.17) is 4.74 Å². The van der Waals surface area contributed by atoms with Gasteiger partial charge in [-0.25, -0.2) is 0 Å². The number of likely N-dealkylation sites (tertiary alicyclic amines) is 1. The molecular formula is C13H24N2O2. The molecule has 98 valence electrons. The fourth-order valence-corrected chi connectivity index (χ4v) is 2.63. The molecule has 1 amide bonds. The second kappa shape index (κ2) is 6.36. The second-order valence-electron chi connectivity index (χ2n) is 5.21. The number of carbonyl (C=O) groups excluding carboxylic acids is 1. The normalized spacial score (nSPS) is 27.8. The first-order chi connectivity index (χ1) is 8.25. The number of hydrogen-bond acceptors (Lipinski definition) is 3. The smallest absolute Gasteiger partial charge is 0.236 e. The maximum absolute atomic E-state index is 12.2. The lowest BCUT2D eigenvalue weighted by molar-refractivity contribution is -0.139. The van der Waals surface area contributed by atoms with Crippen LogP contribution in [0.4, 0.5) is 0 Å².